The molecule has 2 fully saturated rings. The van der Waals surface area contributed by atoms with E-state index < -0.39 is 6.10 Å². The van der Waals surface area contributed by atoms with E-state index in [1.54, 1.807) is 11.7 Å². The molecule has 1 aromatic carbocycles. The Hall–Kier alpha value is -2.55. The fourth-order valence-electron chi connectivity index (χ4n) is 5.15. The molecule has 0 bridgehead atoms. The Labute approximate surface area is 161 Å². The van der Waals surface area contributed by atoms with E-state index in [0.29, 0.717) is 36.5 Å². The minimum Gasteiger partial charge on any atom is -0.396 e. The molecule has 1 aliphatic heterocycles. The Morgan fingerprint density at radius 2 is 2.11 bits per heavy atom. The molecule has 1 saturated carbocycles. The van der Waals surface area contributed by atoms with E-state index >= 15 is 0 Å². The maximum atomic E-state index is 12.3. The molecule has 3 heterocycles. The second-order valence-electron chi connectivity index (χ2n) is 7.99. The summed E-state index contributed by atoms with van der Waals surface area (Å²) in [7, 11) is 1.76. The van der Waals surface area contributed by atoms with E-state index in [1.807, 2.05) is 18.2 Å². The van der Waals surface area contributed by atoms with Gasteiger partial charge in [0.1, 0.15) is 11.2 Å². The van der Waals surface area contributed by atoms with Gasteiger partial charge in [-0.1, -0.05) is 30.3 Å². The van der Waals surface area contributed by atoms with Crippen LogP contribution in [-0.4, -0.2) is 60.7 Å². The van der Waals surface area contributed by atoms with E-state index in [4.69, 9.17) is 0 Å². The van der Waals surface area contributed by atoms with Gasteiger partial charge in [0, 0.05) is 32.2 Å². The molecule has 0 radical (unpaired) electrons. The number of aliphatic hydroxyl groups excluding tert-OH is 2. The highest BCUT2D eigenvalue weighted by Crippen LogP contribution is 2.68. The lowest BCUT2D eigenvalue weighted by Gasteiger charge is -2.16. The molecule has 28 heavy (non-hydrogen) atoms. The number of β-amino-alcohol motifs (C(OH)–C–C–N with tert-alkyl or cyclic N) is 1. The first-order valence-corrected chi connectivity index (χ1v) is 9.51. The van der Waals surface area contributed by atoms with Crippen molar-refractivity contribution in [3.05, 3.63) is 58.3 Å². The first-order chi connectivity index (χ1) is 13.5. The minimum atomic E-state index is -0.526. The molecule has 3 aromatic rings. The average molecular weight is 381 g/mol. The molecule has 146 valence electrons. The van der Waals surface area contributed by atoms with Crippen molar-refractivity contribution in [1.29, 1.82) is 0 Å². The molecule has 4 atom stereocenters. The summed E-state index contributed by atoms with van der Waals surface area (Å²) in [4.78, 5) is 21.8. The SMILES string of the molecule is Cn1ncc2c(=O)[nH]c(CN3C[C@H](O)[C@@]4(C3)[C@H](CO)[C@H]4c3ccccc3)nc21. The fourth-order valence-corrected chi connectivity index (χ4v) is 5.15. The molecule has 8 heteroatoms. The Balaban J connectivity index is 1.41. The number of aliphatic hydroxyl groups is 2. The predicted octanol–water partition coefficient (Wildman–Crippen LogP) is 0.225. The van der Waals surface area contributed by atoms with Crippen LogP contribution in [0.3, 0.4) is 0 Å². The van der Waals surface area contributed by atoms with Crippen LogP contribution in [0.15, 0.2) is 41.3 Å². The van der Waals surface area contributed by atoms with Crippen molar-refractivity contribution in [2.75, 3.05) is 19.7 Å². The average Bonchev–Trinajstić information content (AvgIpc) is 3.01. The highest BCUT2D eigenvalue weighted by molar-refractivity contribution is 5.72. The van der Waals surface area contributed by atoms with Crippen molar-refractivity contribution in [2.45, 2.75) is 18.6 Å². The highest BCUT2D eigenvalue weighted by Gasteiger charge is 2.70. The zero-order valence-corrected chi connectivity index (χ0v) is 15.6. The van der Waals surface area contributed by atoms with Gasteiger partial charge in [-0.2, -0.15) is 5.10 Å². The lowest BCUT2D eigenvalue weighted by atomic mass is 9.95. The molecule has 2 aromatic heterocycles. The number of aryl methyl sites for hydroxylation is 1. The number of likely N-dealkylation sites (tertiary alicyclic amines) is 1. The van der Waals surface area contributed by atoms with Crippen molar-refractivity contribution in [1.82, 2.24) is 24.6 Å². The second-order valence-corrected chi connectivity index (χ2v) is 7.99. The van der Waals surface area contributed by atoms with Crippen LogP contribution in [0, 0.1) is 11.3 Å². The normalized spacial score (nSPS) is 29.8. The molecule has 0 unspecified atom stereocenters. The van der Waals surface area contributed by atoms with E-state index in [9.17, 15) is 15.0 Å². The first-order valence-electron chi connectivity index (χ1n) is 9.51. The molecule has 3 N–H and O–H groups in total. The summed E-state index contributed by atoms with van der Waals surface area (Å²) in [6.45, 7) is 1.65. The number of rotatable bonds is 4. The van der Waals surface area contributed by atoms with Crippen LogP contribution in [-0.2, 0) is 13.6 Å². The summed E-state index contributed by atoms with van der Waals surface area (Å²) in [6.07, 6.45) is 0.988. The summed E-state index contributed by atoms with van der Waals surface area (Å²) in [5.74, 6) is 0.745. The van der Waals surface area contributed by atoms with Gasteiger partial charge in [-0.25, -0.2) is 4.98 Å². The van der Waals surface area contributed by atoms with Crippen molar-refractivity contribution < 1.29 is 10.2 Å². The van der Waals surface area contributed by atoms with E-state index in [2.05, 4.69) is 32.1 Å². The number of benzene rings is 1. The summed E-state index contributed by atoms with van der Waals surface area (Å²) >= 11 is 0. The van der Waals surface area contributed by atoms with Crippen molar-refractivity contribution in [2.24, 2.45) is 18.4 Å². The molecule has 1 aliphatic carbocycles. The molecule has 5 rings (SSSR count). The molecular weight excluding hydrogens is 358 g/mol. The second kappa shape index (κ2) is 6.23. The topological polar surface area (TPSA) is 107 Å². The first kappa shape index (κ1) is 17.5. The van der Waals surface area contributed by atoms with Gasteiger partial charge in [0.15, 0.2) is 5.65 Å². The highest BCUT2D eigenvalue weighted by atomic mass is 16.3. The maximum Gasteiger partial charge on any atom is 0.262 e. The monoisotopic (exact) mass is 381 g/mol. The van der Waals surface area contributed by atoms with Crippen LogP contribution in [0.1, 0.15) is 17.3 Å². The van der Waals surface area contributed by atoms with Gasteiger partial charge in [0.05, 0.1) is 18.8 Å². The Morgan fingerprint density at radius 1 is 1.32 bits per heavy atom. The van der Waals surface area contributed by atoms with Crippen LogP contribution in [0.5, 0.6) is 0 Å². The van der Waals surface area contributed by atoms with Crippen molar-refractivity contribution >= 4 is 11.0 Å². The molecule has 1 spiro atoms. The summed E-state index contributed by atoms with van der Waals surface area (Å²) < 4.78 is 1.59. The van der Waals surface area contributed by atoms with Crippen molar-refractivity contribution in [3.8, 4) is 0 Å². The van der Waals surface area contributed by atoms with Gasteiger partial charge in [-0.15, -0.1) is 0 Å². The third-order valence-electron chi connectivity index (χ3n) is 6.49. The predicted molar refractivity (Wildman–Crippen MR) is 103 cm³/mol. The molecule has 0 amide bonds. The number of aromatic amines is 1. The fraction of sp³-hybridized carbons (Fsp3) is 0.450. The number of nitrogens with zero attached hydrogens (tertiary/aromatic N) is 4. The molecular formula is C20H23N5O3. The molecule has 8 nitrogen and oxygen atoms in total. The van der Waals surface area contributed by atoms with Gasteiger partial charge < -0.3 is 15.2 Å². The Morgan fingerprint density at radius 3 is 2.86 bits per heavy atom. The number of nitrogens with one attached hydrogen (secondary N) is 1. The van der Waals surface area contributed by atoms with Gasteiger partial charge in [0.25, 0.3) is 5.56 Å². The third-order valence-corrected chi connectivity index (χ3v) is 6.49. The quantitative estimate of drug-likeness (QED) is 0.597. The lowest BCUT2D eigenvalue weighted by Crippen LogP contribution is -2.25. The standard InChI is InChI=1S/C20H23N5O3/c1-24-18-13(7-21-24)19(28)23-16(22-18)9-25-8-15(27)20(11-25)14(10-26)17(20)12-5-3-2-4-6-12/h2-7,14-15,17,26-27H,8-11H2,1H3,(H,22,23,28)/t14-,15+,17-,20-/m1/s1. The number of fused-ring (bicyclic) bond motifs is 1. The van der Waals surface area contributed by atoms with Crippen LogP contribution in [0.25, 0.3) is 11.0 Å². The summed E-state index contributed by atoms with van der Waals surface area (Å²) in [6, 6.07) is 10.1. The maximum absolute atomic E-state index is 12.3. The minimum absolute atomic E-state index is 0.0430. The summed E-state index contributed by atoms with van der Waals surface area (Å²) in [5, 5.41) is 25.4. The van der Waals surface area contributed by atoms with E-state index in [0.717, 1.165) is 5.56 Å². The van der Waals surface area contributed by atoms with E-state index in [-0.39, 0.29) is 29.4 Å². The molecule has 2 aliphatic rings. The van der Waals surface area contributed by atoms with Crippen LogP contribution in [0.4, 0.5) is 0 Å². The smallest absolute Gasteiger partial charge is 0.262 e. The van der Waals surface area contributed by atoms with Gasteiger partial charge in [-0.3, -0.25) is 14.4 Å². The Kier molecular flexibility index (Phi) is 3.90. The zero-order chi connectivity index (χ0) is 19.5. The van der Waals surface area contributed by atoms with Gasteiger partial charge in [0.2, 0.25) is 0 Å². The summed E-state index contributed by atoms with van der Waals surface area (Å²) in [5.41, 5.74) is 1.16. The number of hydrogen-bond acceptors (Lipinski definition) is 6. The largest absolute Gasteiger partial charge is 0.396 e. The van der Waals surface area contributed by atoms with Crippen molar-refractivity contribution in [3.63, 3.8) is 0 Å². The van der Waals surface area contributed by atoms with Crippen LogP contribution in [0.2, 0.25) is 0 Å². The molecule has 1 saturated heterocycles. The third kappa shape index (κ3) is 2.45. The number of hydrogen-bond donors (Lipinski definition) is 3. The van der Waals surface area contributed by atoms with E-state index in [1.165, 1.54) is 6.20 Å². The van der Waals surface area contributed by atoms with Crippen LogP contribution < -0.4 is 5.56 Å². The van der Waals surface area contributed by atoms with Crippen LogP contribution >= 0.6 is 0 Å². The van der Waals surface area contributed by atoms with Gasteiger partial charge in [-0.05, 0) is 17.4 Å². The number of H-pyrrole nitrogens is 1. The Bertz CT molecular complexity index is 1080. The zero-order valence-electron chi connectivity index (χ0n) is 15.6. The lowest BCUT2D eigenvalue weighted by molar-refractivity contribution is 0.111. The van der Waals surface area contributed by atoms with Gasteiger partial charge >= 0.3 is 0 Å². The number of aromatic nitrogens is 4.